The lowest BCUT2D eigenvalue weighted by molar-refractivity contribution is 0.660. The minimum atomic E-state index is -2.34. The predicted octanol–water partition coefficient (Wildman–Crippen LogP) is 27.1. The molecular weight excluding hydrogens is 1520 g/mol. The van der Waals surface area contributed by atoms with Crippen molar-refractivity contribution in [1.29, 1.82) is 0 Å². The molecular formula is C117H86N4Si2. The van der Waals surface area contributed by atoms with Crippen LogP contribution in [0.3, 0.4) is 0 Å². The van der Waals surface area contributed by atoms with Crippen molar-refractivity contribution >= 4 is 119 Å². The number of fused-ring (bicyclic) bond motifs is 28. The molecule has 1 aliphatic carbocycles. The highest BCUT2D eigenvalue weighted by Gasteiger charge is 2.56. The van der Waals surface area contributed by atoms with Crippen LogP contribution in [-0.2, 0) is 16.2 Å². The molecule has 21 aromatic rings. The van der Waals surface area contributed by atoms with E-state index in [1.807, 2.05) is 0 Å². The van der Waals surface area contributed by atoms with Crippen LogP contribution in [0.15, 0.2) is 413 Å². The Labute approximate surface area is 718 Å². The molecule has 0 saturated heterocycles. The van der Waals surface area contributed by atoms with Gasteiger partial charge < -0.3 is 18.6 Å². The minimum Gasteiger partial charge on any atom is -0.310 e. The number of hydrogen-bond donors (Lipinski definition) is 0. The summed E-state index contributed by atoms with van der Waals surface area (Å²) in [6.07, 6.45) is 0. The third-order valence-electron chi connectivity index (χ3n) is 29.0. The lowest BCUT2D eigenvalue weighted by atomic mass is 9.62. The molecule has 0 N–H and O–H groups in total. The SMILES string of the molecule is CC1(C)c2ccccc2-c2ccc(N(c3ccc(-c4ccccc4)cc3)c3ccc(-c4cccc5c4[Si](C)(C)c4ccccc4C54c5ccccc5-n5c6ccccc6c6cccc4c65)cc3)cc21.C[Si]1(C)c2ccccc2C2(c3ccccc3-n3c4ccccc4c4cccc2c43)c2cccc(-c3ccc(-n4c5ccccc5c5ccccc54)cc3)c21. The standard InChI is InChI=1S/C66H50N2Si.C51H36N2Si/c1-65(2)54-24-10-8-20-50(54)51-41-40-48(42-59(51)65)67(46-36-32-44(33-37-46)43-18-6-5-7-19-43)47-38-34-45(35-39-47)49-22-16-28-58-64(49)69(3,4)62-31-15-12-26-56(62)66(58)55-25-11-14-30-61(55)68-60-29-13-9-21-52(60)53-23-17-27-57(66)63(53)68;1-54(2)48-28-12-7-21-41(48)51(40-20-6-11-27-47(40)53-46-26-10-5-17-38(46)39-19-14-22-42(51)49(39)53)43-23-13-18-35(50(43)54)33-29-31-34(32-30-33)52-44-24-8-3-15-36(44)37-16-4-9-25-45(37)52/h5-42H,1-4H3;3-32H,1-2H3. The molecule has 7 heterocycles. The molecule has 123 heavy (non-hydrogen) atoms. The normalized spacial score (nSPS) is 16.5. The van der Waals surface area contributed by atoms with E-state index in [0.29, 0.717) is 0 Å². The van der Waals surface area contributed by atoms with Crippen molar-refractivity contribution in [3.63, 3.8) is 0 Å². The zero-order chi connectivity index (χ0) is 82.0. The van der Waals surface area contributed by atoms with Crippen molar-refractivity contribution in [2.45, 2.75) is 56.3 Å². The quantitative estimate of drug-likeness (QED) is 0.145. The van der Waals surface area contributed by atoms with Crippen LogP contribution in [0.5, 0.6) is 0 Å². The minimum absolute atomic E-state index is 0.116. The third-order valence-corrected chi connectivity index (χ3v) is 36.1. The van der Waals surface area contributed by atoms with Crippen molar-refractivity contribution in [2.24, 2.45) is 0 Å². The van der Waals surface area contributed by atoms with Gasteiger partial charge in [0.1, 0.15) is 16.1 Å². The first-order valence-corrected chi connectivity index (χ1v) is 49.5. The van der Waals surface area contributed by atoms with E-state index in [1.54, 1.807) is 0 Å². The van der Waals surface area contributed by atoms with Crippen molar-refractivity contribution < 1.29 is 0 Å². The van der Waals surface area contributed by atoms with Gasteiger partial charge in [-0.15, -0.1) is 0 Å². The molecule has 2 atom stereocenters. The summed E-state index contributed by atoms with van der Waals surface area (Å²) in [6.45, 7) is 15.0. The lowest BCUT2D eigenvalue weighted by Gasteiger charge is -2.50. The lowest BCUT2D eigenvalue weighted by Crippen LogP contribution is -2.64. The zero-order valence-corrected chi connectivity index (χ0v) is 71.5. The Morgan fingerprint density at radius 3 is 1.06 bits per heavy atom. The smallest absolute Gasteiger partial charge is 0.113 e. The summed E-state index contributed by atoms with van der Waals surface area (Å²) in [6, 6.07) is 156. The van der Waals surface area contributed by atoms with Crippen LogP contribution in [0.1, 0.15) is 69.5 Å². The zero-order valence-electron chi connectivity index (χ0n) is 69.5. The molecule has 3 aromatic heterocycles. The average molecular weight is 1600 g/mol. The Balaban J connectivity index is 0.000000139. The van der Waals surface area contributed by atoms with E-state index < -0.39 is 27.0 Å². The van der Waals surface area contributed by atoms with Gasteiger partial charge in [0.2, 0.25) is 0 Å². The summed E-state index contributed by atoms with van der Waals surface area (Å²) >= 11 is 0. The van der Waals surface area contributed by atoms with Gasteiger partial charge in [-0.25, -0.2) is 0 Å². The first-order chi connectivity index (χ1) is 60.3. The van der Waals surface area contributed by atoms with E-state index in [2.05, 4.69) is 471 Å². The monoisotopic (exact) mass is 1600 g/mol. The Morgan fingerprint density at radius 2 is 0.561 bits per heavy atom. The van der Waals surface area contributed by atoms with Crippen LogP contribution in [0, 0.1) is 0 Å². The van der Waals surface area contributed by atoms with Gasteiger partial charge in [-0.05, 0) is 206 Å². The van der Waals surface area contributed by atoms with E-state index in [-0.39, 0.29) is 5.41 Å². The summed E-state index contributed by atoms with van der Waals surface area (Å²) in [5.41, 5.74) is 37.8. The van der Waals surface area contributed by atoms with Crippen LogP contribution in [0.2, 0.25) is 26.2 Å². The number of nitrogens with zero attached hydrogens (tertiary/aromatic N) is 4. The summed E-state index contributed by atoms with van der Waals surface area (Å²) in [4.78, 5) is 2.45. The molecule has 0 amide bonds. The molecule has 2 unspecified atom stereocenters. The van der Waals surface area contributed by atoms with Gasteiger partial charge >= 0.3 is 0 Å². The molecule has 26 rings (SSSR count). The second-order valence-electron chi connectivity index (χ2n) is 36.1. The first-order valence-electron chi connectivity index (χ1n) is 43.5. The molecule has 4 aliphatic heterocycles. The fourth-order valence-electron chi connectivity index (χ4n) is 23.9. The molecule has 5 aliphatic rings. The van der Waals surface area contributed by atoms with E-state index in [1.165, 1.54) is 203 Å². The summed E-state index contributed by atoms with van der Waals surface area (Å²) in [5.74, 6) is 0. The Kier molecular flexibility index (Phi) is 15.3. The van der Waals surface area contributed by atoms with Gasteiger partial charge in [0, 0.05) is 60.5 Å². The van der Waals surface area contributed by atoms with Crippen molar-refractivity contribution in [3.05, 3.63) is 468 Å². The fraction of sp³-hybridized carbons (Fsp3) is 0.0769. The van der Waals surface area contributed by atoms with Gasteiger partial charge in [0.05, 0.1) is 55.3 Å². The van der Waals surface area contributed by atoms with E-state index in [9.17, 15) is 0 Å². The predicted molar refractivity (Wildman–Crippen MR) is 522 cm³/mol. The average Bonchev–Trinajstić information content (AvgIpc) is 1.66. The Bertz CT molecular complexity index is 7980. The molecule has 6 heteroatoms. The summed E-state index contributed by atoms with van der Waals surface area (Å²) in [7, 11) is -4.59. The summed E-state index contributed by atoms with van der Waals surface area (Å²) in [5, 5.41) is 13.9. The highest BCUT2D eigenvalue weighted by Crippen LogP contribution is 2.59. The Morgan fingerprint density at radius 1 is 0.228 bits per heavy atom. The number of anilines is 3. The first kappa shape index (κ1) is 71.5. The van der Waals surface area contributed by atoms with Gasteiger partial charge in [0.15, 0.2) is 0 Å². The van der Waals surface area contributed by atoms with Crippen LogP contribution >= 0.6 is 0 Å². The molecule has 18 aromatic carbocycles. The number of benzene rings is 18. The van der Waals surface area contributed by atoms with Crippen LogP contribution in [-0.4, -0.2) is 29.8 Å². The molecule has 0 fully saturated rings. The van der Waals surface area contributed by atoms with Gasteiger partial charge in [-0.2, -0.15) is 0 Å². The van der Waals surface area contributed by atoms with Crippen LogP contribution < -0.4 is 25.6 Å². The second-order valence-corrected chi connectivity index (χ2v) is 44.6. The topological polar surface area (TPSA) is 18.0 Å². The maximum atomic E-state index is 2.58. The number of aromatic nitrogens is 3. The third kappa shape index (κ3) is 9.70. The largest absolute Gasteiger partial charge is 0.310 e. The van der Waals surface area contributed by atoms with Crippen LogP contribution in [0.4, 0.5) is 17.1 Å². The number of rotatable bonds is 7. The molecule has 0 radical (unpaired) electrons. The second kappa shape index (κ2) is 26.3. The highest BCUT2D eigenvalue weighted by atomic mass is 28.3. The van der Waals surface area contributed by atoms with Crippen LogP contribution in [0.25, 0.3) is 127 Å². The van der Waals surface area contributed by atoms with Gasteiger partial charge in [-0.1, -0.05) is 368 Å². The highest BCUT2D eigenvalue weighted by molar-refractivity contribution is 7.03. The van der Waals surface area contributed by atoms with Crippen molar-refractivity contribution in [1.82, 2.24) is 13.7 Å². The Hall–Kier alpha value is -14.4. The van der Waals surface area contributed by atoms with E-state index >= 15 is 0 Å². The van der Waals surface area contributed by atoms with E-state index in [4.69, 9.17) is 0 Å². The fourth-order valence-corrected chi connectivity index (χ4v) is 31.0. The maximum absolute atomic E-state index is 2.58. The van der Waals surface area contributed by atoms with Crippen molar-refractivity contribution in [3.8, 4) is 61.6 Å². The summed E-state index contributed by atoms with van der Waals surface area (Å²) < 4.78 is 7.50. The molecule has 582 valence electrons. The molecule has 4 nitrogen and oxygen atoms in total. The molecule has 2 spiro atoms. The molecule has 0 saturated carbocycles. The maximum Gasteiger partial charge on any atom is 0.113 e. The van der Waals surface area contributed by atoms with E-state index in [0.717, 1.165) is 17.1 Å². The number of hydrogen-bond acceptors (Lipinski definition) is 1. The van der Waals surface area contributed by atoms with Crippen molar-refractivity contribution in [2.75, 3.05) is 4.90 Å². The van der Waals surface area contributed by atoms with Gasteiger partial charge in [-0.3, -0.25) is 0 Å². The molecule has 0 bridgehead atoms. The van der Waals surface area contributed by atoms with Gasteiger partial charge in [0.25, 0.3) is 0 Å². The number of para-hydroxylation sites is 8.